The molecule has 0 atom stereocenters. The molecule has 0 aliphatic rings. The van der Waals surface area contributed by atoms with E-state index >= 15 is 0 Å². The molecule has 0 radical (unpaired) electrons. The van der Waals surface area contributed by atoms with Gasteiger partial charge in [0.15, 0.2) is 6.29 Å². The number of aromatic nitrogens is 1. The summed E-state index contributed by atoms with van der Waals surface area (Å²) in [4.78, 5) is 15.0. The van der Waals surface area contributed by atoms with Gasteiger partial charge in [-0.1, -0.05) is 6.07 Å². The van der Waals surface area contributed by atoms with E-state index in [9.17, 15) is 4.79 Å². The van der Waals surface area contributed by atoms with Crippen LogP contribution in [0.3, 0.4) is 0 Å². The Morgan fingerprint density at radius 1 is 1.31 bits per heavy atom. The molecule has 0 amide bonds. The summed E-state index contributed by atoms with van der Waals surface area (Å²) in [6, 6.07) is 9.17. The van der Waals surface area contributed by atoms with Gasteiger partial charge in [0, 0.05) is 23.5 Å². The van der Waals surface area contributed by atoms with Crippen LogP contribution in [0, 0.1) is 0 Å². The van der Waals surface area contributed by atoms with E-state index < -0.39 is 0 Å². The number of nitrogens with zero attached hydrogens (tertiary/aromatic N) is 1. The van der Waals surface area contributed by atoms with Crippen LogP contribution in [0.4, 0.5) is 0 Å². The molecule has 0 saturated heterocycles. The zero-order valence-electron chi connectivity index (χ0n) is 8.88. The number of carbonyl (C=O) groups is 1. The van der Waals surface area contributed by atoms with Crippen LogP contribution in [0.1, 0.15) is 10.4 Å². The standard InChI is InChI=1S/C13H11NO2/c1-16-12-4-5-13(11(7-12)9-15)10-3-2-6-14-8-10/h2-9H,1H3. The molecule has 0 aliphatic heterocycles. The van der Waals surface area contributed by atoms with Crippen LogP contribution in [-0.2, 0) is 0 Å². The SMILES string of the molecule is COc1ccc(-c2cccnc2)c(C=O)c1. The largest absolute Gasteiger partial charge is 0.497 e. The third kappa shape index (κ3) is 1.93. The molecule has 1 aromatic heterocycles. The fourth-order valence-corrected chi connectivity index (χ4v) is 1.55. The Hall–Kier alpha value is -2.16. The molecule has 0 N–H and O–H groups in total. The smallest absolute Gasteiger partial charge is 0.150 e. The van der Waals surface area contributed by atoms with Gasteiger partial charge in [-0.3, -0.25) is 9.78 Å². The van der Waals surface area contributed by atoms with E-state index in [0.29, 0.717) is 11.3 Å². The molecule has 0 bridgehead atoms. The number of benzene rings is 1. The summed E-state index contributed by atoms with van der Waals surface area (Å²) in [6.45, 7) is 0. The topological polar surface area (TPSA) is 39.2 Å². The Kier molecular flexibility index (Phi) is 2.96. The Labute approximate surface area is 93.7 Å². The van der Waals surface area contributed by atoms with E-state index in [-0.39, 0.29) is 0 Å². The van der Waals surface area contributed by atoms with Gasteiger partial charge in [-0.2, -0.15) is 0 Å². The fraction of sp³-hybridized carbons (Fsp3) is 0.0769. The molecular formula is C13H11NO2. The van der Waals surface area contributed by atoms with E-state index in [0.717, 1.165) is 17.4 Å². The second kappa shape index (κ2) is 4.57. The third-order valence-corrected chi connectivity index (χ3v) is 2.36. The predicted octanol–water partition coefficient (Wildman–Crippen LogP) is 2.57. The van der Waals surface area contributed by atoms with Crippen LogP contribution in [0.5, 0.6) is 5.75 Å². The quantitative estimate of drug-likeness (QED) is 0.735. The first kappa shape index (κ1) is 10.4. The van der Waals surface area contributed by atoms with Crippen LogP contribution in [0.15, 0.2) is 42.7 Å². The van der Waals surface area contributed by atoms with Crippen molar-refractivity contribution in [1.82, 2.24) is 4.98 Å². The average Bonchev–Trinajstić information content (AvgIpc) is 2.39. The van der Waals surface area contributed by atoms with Gasteiger partial charge in [-0.25, -0.2) is 0 Å². The number of ether oxygens (including phenoxy) is 1. The van der Waals surface area contributed by atoms with E-state index in [4.69, 9.17) is 4.74 Å². The highest BCUT2D eigenvalue weighted by Gasteiger charge is 2.05. The summed E-state index contributed by atoms with van der Waals surface area (Å²) >= 11 is 0. The first-order valence-electron chi connectivity index (χ1n) is 4.89. The molecule has 1 aromatic carbocycles. The molecule has 2 aromatic rings. The summed E-state index contributed by atoms with van der Waals surface area (Å²) < 4.78 is 5.07. The Bertz CT molecular complexity index is 495. The first-order chi connectivity index (χ1) is 7.85. The second-order valence-corrected chi connectivity index (χ2v) is 3.31. The highest BCUT2D eigenvalue weighted by molar-refractivity contribution is 5.88. The number of pyridine rings is 1. The number of aldehydes is 1. The maximum atomic E-state index is 11.0. The van der Waals surface area contributed by atoms with Gasteiger partial charge >= 0.3 is 0 Å². The molecule has 1 heterocycles. The number of rotatable bonds is 3. The number of hydrogen-bond donors (Lipinski definition) is 0. The minimum Gasteiger partial charge on any atom is -0.497 e. The van der Waals surface area contributed by atoms with E-state index in [1.54, 1.807) is 25.6 Å². The molecule has 3 nitrogen and oxygen atoms in total. The van der Waals surface area contributed by atoms with Crippen molar-refractivity contribution in [2.75, 3.05) is 7.11 Å². The van der Waals surface area contributed by atoms with Crippen molar-refractivity contribution in [2.24, 2.45) is 0 Å². The molecule has 0 unspecified atom stereocenters. The van der Waals surface area contributed by atoms with Crippen molar-refractivity contribution in [1.29, 1.82) is 0 Å². The van der Waals surface area contributed by atoms with E-state index in [1.807, 2.05) is 24.3 Å². The van der Waals surface area contributed by atoms with Crippen molar-refractivity contribution >= 4 is 6.29 Å². The van der Waals surface area contributed by atoms with Gasteiger partial charge in [0.05, 0.1) is 7.11 Å². The van der Waals surface area contributed by atoms with Gasteiger partial charge < -0.3 is 4.74 Å². The van der Waals surface area contributed by atoms with Gasteiger partial charge in [0.25, 0.3) is 0 Å². The molecular weight excluding hydrogens is 202 g/mol. The molecule has 3 heteroatoms. The van der Waals surface area contributed by atoms with E-state index in [2.05, 4.69) is 4.98 Å². The zero-order valence-corrected chi connectivity index (χ0v) is 8.88. The lowest BCUT2D eigenvalue weighted by molar-refractivity contribution is 0.112. The average molecular weight is 213 g/mol. The summed E-state index contributed by atoms with van der Waals surface area (Å²) in [6.07, 6.45) is 4.26. The molecule has 0 spiro atoms. The van der Waals surface area contributed by atoms with Crippen molar-refractivity contribution in [3.05, 3.63) is 48.3 Å². The van der Waals surface area contributed by atoms with Gasteiger partial charge in [0.1, 0.15) is 5.75 Å². The minimum atomic E-state index is 0.604. The summed E-state index contributed by atoms with van der Waals surface area (Å²) in [5.74, 6) is 0.676. The van der Waals surface area contributed by atoms with Gasteiger partial charge in [-0.05, 0) is 29.8 Å². The lowest BCUT2D eigenvalue weighted by Crippen LogP contribution is -1.90. The normalized spacial score (nSPS) is 9.81. The number of carbonyl (C=O) groups excluding carboxylic acids is 1. The molecule has 0 fully saturated rings. The van der Waals surface area contributed by atoms with Crippen LogP contribution in [-0.4, -0.2) is 18.4 Å². The van der Waals surface area contributed by atoms with Gasteiger partial charge in [-0.15, -0.1) is 0 Å². The van der Waals surface area contributed by atoms with Gasteiger partial charge in [0.2, 0.25) is 0 Å². The Morgan fingerprint density at radius 3 is 2.81 bits per heavy atom. The highest BCUT2D eigenvalue weighted by Crippen LogP contribution is 2.25. The maximum absolute atomic E-state index is 11.0. The lowest BCUT2D eigenvalue weighted by atomic mass is 10.0. The summed E-state index contributed by atoms with van der Waals surface area (Å²) in [5.41, 5.74) is 2.39. The fourth-order valence-electron chi connectivity index (χ4n) is 1.55. The van der Waals surface area contributed by atoms with Crippen LogP contribution < -0.4 is 4.74 Å². The van der Waals surface area contributed by atoms with E-state index in [1.165, 1.54) is 0 Å². The van der Waals surface area contributed by atoms with Crippen molar-refractivity contribution < 1.29 is 9.53 Å². The molecule has 0 saturated carbocycles. The number of hydrogen-bond acceptors (Lipinski definition) is 3. The van der Waals surface area contributed by atoms with Crippen LogP contribution in [0.25, 0.3) is 11.1 Å². The van der Waals surface area contributed by atoms with Crippen LogP contribution >= 0.6 is 0 Å². The Morgan fingerprint density at radius 2 is 2.19 bits per heavy atom. The predicted molar refractivity (Wildman–Crippen MR) is 61.6 cm³/mol. The van der Waals surface area contributed by atoms with Crippen molar-refractivity contribution in [2.45, 2.75) is 0 Å². The monoisotopic (exact) mass is 213 g/mol. The highest BCUT2D eigenvalue weighted by atomic mass is 16.5. The third-order valence-electron chi connectivity index (χ3n) is 2.36. The first-order valence-corrected chi connectivity index (χ1v) is 4.89. The molecule has 0 aliphatic carbocycles. The maximum Gasteiger partial charge on any atom is 0.150 e. The number of methoxy groups -OCH3 is 1. The molecule has 16 heavy (non-hydrogen) atoms. The molecule has 80 valence electrons. The second-order valence-electron chi connectivity index (χ2n) is 3.31. The zero-order chi connectivity index (χ0) is 11.4. The van der Waals surface area contributed by atoms with Crippen molar-refractivity contribution in [3.63, 3.8) is 0 Å². The summed E-state index contributed by atoms with van der Waals surface area (Å²) in [5, 5.41) is 0. The Balaban J connectivity index is 2.53. The minimum absolute atomic E-state index is 0.604. The van der Waals surface area contributed by atoms with Crippen molar-refractivity contribution in [3.8, 4) is 16.9 Å². The summed E-state index contributed by atoms with van der Waals surface area (Å²) in [7, 11) is 1.58. The lowest BCUT2D eigenvalue weighted by Gasteiger charge is -2.06. The molecule has 2 rings (SSSR count). The van der Waals surface area contributed by atoms with Crippen LogP contribution in [0.2, 0.25) is 0 Å².